The molecule has 1 aromatic heterocycles. The van der Waals surface area contributed by atoms with Crippen molar-refractivity contribution in [3.8, 4) is 0 Å². The number of ketones is 1. The van der Waals surface area contributed by atoms with Gasteiger partial charge in [0.1, 0.15) is 6.54 Å². The van der Waals surface area contributed by atoms with E-state index in [1.54, 1.807) is 26.0 Å². The Bertz CT molecular complexity index is 723. The first-order valence-electron chi connectivity index (χ1n) is 6.22. The van der Waals surface area contributed by atoms with Gasteiger partial charge in [0.15, 0.2) is 11.4 Å². The highest BCUT2D eigenvalue weighted by molar-refractivity contribution is 5.97. The van der Waals surface area contributed by atoms with E-state index in [-0.39, 0.29) is 24.0 Å². The van der Waals surface area contributed by atoms with Crippen LogP contribution in [0, 0.1) is 0 Å². The highest BCUT2D eigenvalue weighted by Gasteiger charge is 2.15. The quantitative estimate of drug-likeness (QED) is 0.628. The van der Waals surface area contributed by atoms with Gasteiger partial charge >= 0.3 is 11.7 Å². The highest BCUT2D eigenvalue weighted by atomic mass is 16.5. The topological polar surface area (TPSA) is 78.5 Å². The Kier molecular flexibility index (Phi) is 3.74. The van der Waals surface area contributed by atoms with E-state index in [1.165, 1.54) is 17.6 Å². The number of ether oxygens (including phenoxy) is 1. The summed E-state index contributed by atoms with van der Waals surface area (Å²) in [6.45, 7) is 4.67. The van der Waals surface area contributed by atoms with Crippen molar-refractivity contribution >= 4 is 22.9 Å². The fraction of sp³-hybridized carbons (Fsp3) is 0.357. The summed E-state index contributed by atoms with van der Waals surface area (Å²) < 4.78 is 11.2. The minimum Gasteiger partial charge on any atom is -0.462 e. The van der Waals surface area contributed by atoms with Gasteiger partial charge in [0.05, 0.1) is 11.6 Å². The van der Waals surface area contributed by atoms with Crippen molar-refractivity contribution in [3.05, 3.63) is 34.3 Å². The lowest BCUT2D eigenvalue weighted by atomic mass is 10.1. The summed E-state index contributed by atoms with van der Waals surface area (Å²) in [6.07, 6.45) is -0.249. The van der Waals surface area contributed by atoms with Crippen molar-refractivity contribution in [1.29, 1.82) is 0 Å². The van der Waals surface area contributed by atoms with Gasteiger partial charge in [-0.3, -0.25) is 14.2 Å². The zero-order valence-electron chi connectivity index (χ0n) is 11.5. The predicted molar refractivity (Wildman–Crippen MR) is 71.7 cm³/mol. The second-order valence-electron chi connectivity index (χ2n) is 4.73. The third kappa shape index (κ3) is 2.79. The van der Waals surface area contributed by atoms with Crippen molar-refractivity contribution in [2.24, 2.45) is 0 Å². The smallest absolute Gasteiger partial charge is 0.420 e. The fourth-order valence-corrected chi connectivity index (χ4v) is 1.86. The highest BCUT2D eigenvalue weighted by Crippen LogP contribution is 2.15. The number of carbonyl (C=O) groups is 2. The molecule has 0 aliphatic heterocycles. The molecule has 1 aromatic carbocycles. The molecule has 20 heavy (non-hydrogen) atoms. The van der Waals surface area contributed by atoms with E-state index in [1.807, 2.05) is 0 Å². The van der Waals surface area contributed by atoms with Gasteiger partial charge in [0.2, 0.25) is 0 Å². The SMILES string of the molecule is CC(=O)c1ccc2c(c1)oc(=O)n2CC(=O)OC(C)C. The van der Waals surface area contributed by atoms with Crippen molar-refractivity contribution in [3.63, 3.8) is 0 Å². The standard InChI is InChI=1S/C14H15NO5/c1-8(2)19-13(17)7-15-11-5-4-10(9(3)16)6-12(11)20-14(15)18/h4-6,8H,7H2,1-3H3. The number of fused-ring (bicyclic) bond motifs is 1. The van der Waals surface area contributed by atoms with Gasteiger partial charge in [0, 0.05) is 5.56 Å². The van der Waals surface area contributed by atoms with Gasteiger partial charge in [-0.1, -0.05) is 0 Å². The average Bonchev–Trinajstić information content (AvgIpc) is 2.64. The summed E-state index contributed by atoms with van der Waals surface area (Å²) >= 11 is 0. The van der Waals surface area contributed by atoms with E-state index in [4.69, 9.17) is 9.15 Å². The maximum Gasteiger partial charge on any atom is 0.420 e. The molecule has 0 amide bonds. The first-order chi connectivity index (χ1) is 9.38. The molecule has 0 saturated carbocycles. The van der Waals surface area contributed by atoms with E-state index < -0.39 is 11.7 Å². The molecule has 106 valence electrons. The van der Waals surface area contributed by atoms with Crippen LogP contribution in [0.4, 0.5) is 0 Å². The number of esters is 1. The predicted octanol–water partition coefficient (Wildman–Crippen LogP) is 1.75. The molecular formula is C14H15NO5. The third-order valence-electron chi connectivity index (χ3n) is 2.73. The number of oxazole rings is 1. The Labute approximate surface area is 114 Å². The molecule has 0 unspecified atom stereocenters. The van der Waals surface area contributed by atoms with E-state index in [2.05, 4.69) is 0 Å². The monoisotopic (exact) mass is 277 g/mol. The van der Waals surface area contributed by atoms with Crippen LogP contribution in [0.5, 0.6) is 0 Å². The normalized spacial score (nSPS) is 11.0. The molecule has 0 bridgehead atoms. The minimum atomic E-state index is -0.651. The van der Waals surface area contributed by atoms with Crippen LogP contribution in [0.25, 0.3) is 11.1 Å². The van der Waals surface area contributed by atoms with Crippen LogP contribution in [0.1, 0.15) is 31.1 Å². The molecule has 1 heterocycles. The zero-order chi connectivity index (χ0) is 14.9. The lowest BCUT2D eigenvalue weighted by Crippen LogP contribution is -2.23. The maximum absolute atomic E-state index is 11.7. The number of hydrogen-bond donors (Lipinski definition) is 0. The number of aromatic nitrogens is 1. The molecule has 0 fully saturated rings. The second-order valence-corrected chi connectivity index (χ2v) is 4.73. The molecule has 0 radical (unpaired) electrons. The zero-order valence-corrected chi connectivity index (χ0v) is 11.5. The van der Waals surface area contributed by atoms with Gasteiger partial charge in [-0.25, -0.2) is 4.79 Å². The van der Waals surface area contributed by atoms with Gasteiger partial charge in [-0.05, 0) is 39.0 Å². The molecule has 2 aromatic rings. The molecule has 2 rings (SSSR count). The van der Waals surface area contributed by atoms with E-state index >= 15 is 0 Å². The fourth-order valence-electron chi connectivity index (χ4n) is 1.86. The van der Waals surface area contributed by atoms with Crippen molar-refractivity contribution < 1.29 is 18.7 Å². The van der Waals surface area contributed by atoms with Gasteiger partial charge in [-0.2, -0.15) is 0 Å². The Balaban J connectivity index is 2.39. The van der Waals surface area contributed by atoms with Crippen LogP contribution in [0.3, 0.4) is 0 Å². The Morgan fingerprint density at radius 3 is 2.65 bits per heavy atom. The Hall–Kier alpha value is -2.37. The van der Waals surface area contributed by atoms with Crippen LogP contribution in [-0.2, 0) is 16.1 Å². The Morgan fingerprint density at radius 1 is 1.35 bits per heavy atom. The number of rotatable bonds is 4. The number of nitrogens with zero attached hydrogens (tertiary/aromatic N) is 1. The summed E-state index contributed by atoms with van der Waals surface area (Å²) in [5, 5.41) is 0. The van der Waals surface area contributed by atoms with E-state index in [0.29, 0.717) is 11.1 Å². The van der Waals surface area contributed by atoms with Crippen LogP contribution in [0.15, 0.2) is 27.4 Å². The summed E-state index contributed by atoms with van der Waals surface area (Å²) in [5.41, 5.74) is 1.18. The first-order valence-corrected chi connectivity index (χ1v) is 6.22. The molecule has 6 heteroatoms. The molecular weight excluding hydrogens is 262 g/mol. The Morgan fingerprint density at radius 2 is 2.05 bits per heavy atom. The van der Waals surface area contributed by atoms with Crippen LogP contribution in [0.2, 0.25) is 0 Å². The van der Waals surface area contributed by atoms with E-state index in [9.17, 15) is 14.4 Å². The van der Waals surface area contributed by atoms with Gasteiger partial charge in [-0.15, -0.1) is 0 Å². The van der Waals surface area contributed by atoms with E-state index in [0.717, 1.165) is 0 Å². The van der Waals surface area contributed by atoms with Crippen LogP contribution < -0.4 is 5.76 Å². The molecule has 6 nitrogen and oxygen atoms in total. The van der Waals surface area contributed by atoms with Crippen molar-refractivity contribution in [2.45, 2.75) is 33.4 Å². The average molecular weight is 277 g/mol. The number of benzene rings is 1. The molecule has 0 spiro atoms. The number of carbonyl (C=O) groups excluding carboxylic acids is 2. The molecule has 0 aliphatic rings. The van der Waals surface area contributed by atoms with Gasteiger partial charge in [0.25, 0.3) is 0 Å². The summed E-state index contributed by atoms with van der Waals surface area (Å²) in [6, 6.07) is 4.66. The van der Waals surface area contributed by atoms with Crippen LogP contribution >= 0.6 is 0 Å². The van der Waals surface area contributed by atoms with Crippen LogP contribution in [-0.4, -0.2) is 22.4 Å². The minimum absolute atomic E-state index is 0.124. The third-order valence-corrected chi connectivity index (χ3v) is 2.73. The molecule has 0 N–H and O–H groups in total. The van der Waals surface area contributed by atoms with Gasteiger partial charge < -0.3 is 9.15 Å². The largest absolute Gasteiger partial charge is 0.462 e. The number of Topliss-reactive ketones (excluding diaryl/α,β-unsaturated/α-hetero) is 1. The van der Waals surface area contributed by atoms with Crippen molar-refractivity contribution in [2.75, 3.05) is 0 Å². The molecule has 0 saturated heterocycles. The van der Waals surface area contributed by atoms with Crippen molar-refractivity contribution in [1.82, 2.24) is 4.57 Å². The second kappa shape index (κ2) is 5.32. The molecule has 0 atom stereocenters. The summed E-state index contributed by atoms with van der Waals surface area (Å²) in [7, 11) is 0. The summed E-state index contributed by atoms with van der Waals surface area (Å²) in [5.74, 6) is -1.29. The molecule has 0 aliphatic carbocycles. The number of hydrogen-bond acceptors (Lipinski definition) is 5. The first kappa shape index (κ1) is 14.0. The maximum atomic E-state index is 11.7. The lowest BCUT2D eigenvalue weighted by molar-refractivity contribution is -0.148. The lowest BCUT2D eigenvalue weighted by Gasteiger charge is -2.07. The summed E-state index contributed by atoms with van der Waals surface area (Å²) in [4.78, 5) is 34.6.